The fourth-order valence-electron chi connectivity index (χ4n) is 2.49. The number of imidazole rings is 1. The normalized spacial score (nSPS) is 11.1. The number of fused-ring (bicyclic) bond motifs is 1. The summed E-state index contributed by atoms with van der Waals surface area (Å²) in [7, 11) is 1.66. The fourth-order valence-corrected chi connectivity index (χ4v) is 3.36. The number of nitrogens with zero attached hydrogens (tertiary/aromatic N) is 2. The minimum atomic E-state index is 0.0244. The first-order valence-corrected chi connectivity index (χ1v) is 8.83. The number of nitrogens with one attached hydrogen (secondary N) is 1. The average Bonchev–Trinajstić information content (AvgIpc) is 3.14. The molecule has 0 aliphatic carbocycles. The standard InChI is InChI=1S/C18H21N3O2S/c1-13-4-6-14(7-5-13)16-11-21-15(12-24-18(21)20-16)10-17(22)19-8-3-9-23-2/h4-7,11-12H,3,8-10H2,1-2H3,(H,19,22). The second kappa shape index (κ2) is 7.59. The molecule has 6 heteroatoms. The molecule has 0 saturated heterocycles. The Morgan fingerprint density at radius 3 is 2.88 bits per heavy atom. The molecule has 0 bridgehead atoms. The Kier molecular flexibility index (Phi) is 5.27. The highest BCUT2D eigenvalue weighted by Gasteiger charge is 2.12. The van der Waals surface area contributed by atoms with E-state index in [0.717, 1.165) is 28.3 Å². The lowest BCUT2D eigenvalue weighted by molar-refractivity contribution is -0.120. The third kappa shape index (κ3) is 3.83. The van der Waals surface area contributed by atoms with Gasteiger partial charge >= 0.3 is 0 Å². The summed E-state index contributed by atoms with van der Waals surface area (Å²) in [5.41, 5.74) is 4.21. The van der Waals surface area contributed by atoms with Crippen molar-refractivity contribution in [2.45, 2.75) is 19.8 Å². The minimum absolute atomic E-state index is 0.0244. The van der Waals surface area contributed by atoms with Crippen molar-refractivity contribution >= 4 is 22.2 Å². The van der Waals surface area contributed by atoms with Crippen LogP contribution in [0.1, 0.15) is 17.7 Å². The summed E-state index contributed by atoms with van der Waals surface area (Å²) in [5, 5.41) is 4.91. The highest BCUT2D eigenvalue weighted by atomic mass is 32.1. The summed E-state index contributed by atoms with van der Waals surface area (Å²) in [6.07, 6.45) is 3.19. The van der Waals surface area contributed by atoms with Gasteiger partial charge in [-0.3, -0.25) is 9.20 Å². The van der Waals surface area contributed by atoms with Crippen LogP contribution in [0.4, 0.5) is 0 Å². The molecule has 0 fully saturated rings. The van der Waals surface area contributed by atoms with E-state index in [-0.39, 0.29) is 5.91 Å². The SMILES string of the molecule is COCCCNC(=O)Cc1csc2nc(-c3ccc(C)cc3)cn12. The molecule has 0 saturated carbocycles. The van der Waals surface area contributed by atoms with Gasteiger partial charge in [-0.25, -0.2) is 4.98 Å². The molecule has 0 aliphatic rings. The van der Waals surface area contributed by atoms with Gasteiger partial charge in [0.15, 0.2) is 4.96 Å². The maximum absolute atomic E-state index is 12.1. The lowest BCUT2D eigenvalue weighted by Gasteiger charge is -2.04. The Hall–Kier alpha value is -2.18. The Balaban J connectivity index is 1.71. The van der Waals surface area contributed by atoms with Crippen molar-refractivity contribution < 1.29 is 9.53 Å². The van der Waals surface area contributed by atoms with E-state index >= 15 is 0 Å². The van der Waals surface area contributed by atoms with E-state index in [9.17, 15) is 4.79 Å². The van der Waals surface area contributed by atoms with Crippen molar-refractivity contribution in [3.05, 3.63) is 47.1 Å². The molecule has 1 aromatic carbocycles. The number of carbonyl (C=O) groups is 1. The Labute approximate surface area is 145 Å². The molecule has 0 aliphatic heterocycles. The number of methoxy groups -OCH3 is 1. The maximum Gasteiger partial charge on any atom is 0.225 e. The zero-order valence-electron chi connectivity index (χ0n) is 13.9. The number of rotatable bonds is 7. The van der Waals surface area contributed by atoms with Crippen LogP contribution in [0.25, 0.3) is 16.2 Å². The lowest BCUT2D eigenvalue weighted by Crippen LogP contribution is -2.27. The van der Waals surface area contributed by atoms with Gasteiger partial charge in [-0.05, 0) is 13.3 Å². The first-order chi connectivity index (χ1) is 11.7. The number of thiazole rings is 1. The quantitative estimate of drug-likeness (QED) is 0.671. The third-order valence-corrected chi connectivity index (χ3v) is 4.71. The van der Waals surface area contributed by atoms with Gasteiger partial charge in [0.1, 0.15) is 0 Å². The largest absolute Gasteiger partial charge is 0.385 e. The van der Waals surface area contributed by atoms with Crippen LogP contribution in [-0.2, 0) is 16.0 Å². The highest BCUT2D eigenvalue weighted by molar-refractivity contribution is 7.15. The Bertz CT molecular complexity index is 821. The highest BCUT2D eigenvalue weighted by Crippen LogP contribution is 2.24. The lowest BCUT2D eigenvalue weighted by atomic mass is 10.1. The number of aryl methyl sites for hydroxylation is 1. The van der Waals surface area contributed by atoms with Crippen molar-refractivity contribution in [1.82, 2.24) is 14.7 Å². The van der Waals surface area contributed by atoms with Gasteiger partial charge in [-0.2, -0.15) is 0 Å². The van der Waals surface area contributed by atoms with Crippen molar-refractivity contribution in [1.29, 1.82) is 0 Å². The van der Waals surface area contributed by atoms with Gasteiger partial charge in [-0.1, -0.05) is 29.8 Å². The topological polar surface area (TPSA) is 55.6 Å². The number of benzene rings is 1. The monoisotopic (exact) mass is 343 g/mol. The maximum atomic E-state index is 12.1. The fraction of sp³-hybridized carbons (Fsp3) is 0.333. The van der Waals surface area contributed by atoms with E-state index in [2.05, 4.69) is 41.5 Å². The van der Waals surface area contributed by atoms with E-state index in [0.29, 0.717) is 19.6 Å². The second-order valence-electron chi connectivity index (χ2n) is 5.74. The van der Waals surface area contributed by atoms with Gasteiger partial charge in [0.25, 0.3) is 0 Å². The summed E-state index contributed by atoms with van der Waals surface area (Å²) >= 11 is 1.56. The Morgan fingerprint density at radius 2 is 2.12 bits per heavy atom. The molecule has 1 N–H and O–H groups in total. The van der Waals surface area contributed by atoms with E-state index < -0.39 is 0 Å². The molecule has 0 atom stereocenters. The average molecular weight is 343 g/mol. The molecule has 24 heavy (non-hydrogen) atoms. The van der Waals surface area contributed by atoms with Gasteiger partial charge in [0.2, 0.25) is 5.91 Å². The van der Waals surface area contributed by atoms with E-state index in [1.54, 1.807) is 18.4 Å². The van der Waals surface area contributed by atoms with Gasteiger partial charge in [0.05, 0.1) is 12.1 Å². The number of ether oxygens (including phenoxy) is 1. The smallest absolute Gasteiger partial charge is 0.225 e. The molecule has 0 unspecified atom stereocenters. The molecule has 0 spiro atoms. The van der Waals surface area contributed by atoms with Crippen LogP contribution in [0.3, 0.4) is 0 Å². The van der Waals surface area contributed by atoms with Crippen LogP contribution in [-0.4, -0.2) is 35.6 Å². The molecular weight excluding hydrogens is 322 g/mol. The molecular formula is C18H21N3O2S. The second-order valence-corrected chi connectivity index (χ2v) is 6.58. The first kappa shape index (κ1) is 16.7. The zero-order chi connectivity index (χ0) is 16.9. The van der Waals surface area contributed by atoms with E-state index in [1.165, 1.54) is 5.56 Å². The summed E-state index contributed by atoms with van der Waals surface area (Å²) in [6.45, 7) is 3.36. The van der Waals surface area contributed by atoms with Crippen molar-refractivity contribution in [3.63, 3.8) is 0 Å². The van der Waals surface area contributed by atoms with Crippen LogP contribution in [0.5, 0.6) is 0 Å². The minimum Gasteiger partial charge on any atom is -0.385 e. The molecule has 3 aromatic rings. The number of amides is 1. The first-order valence-electron chi connectivity index (χ1n) is 7.95. The Morgan fingerprint density at radius 1 is 1.33 bits per heavy atom. The number of aromatic nitrogens is 2. The van der Waals surface area contributed by atoms with Crippen molar-refractivity contribution in [3.8, 4) is 11.3 Å². The number of carbonyl (C=O) groups excluding carboxylic acids is 1. The molecule has 126 valence electrons. The number of hydrogen-bond acceptors (Lipinski definition) is 4. The van der Waals surface area contributed by atoms with Crippen LogP contribution < -0.4 is 5.32 Å². The summed E-state index contributed by atoms with van der Waals surface area (Å²) in [4.78, 5) is 17.6. The zero-order valence-corrected chi connectivity index (χ0v) is 14.7. The predicted octanol–water partition coefficient (Wildman–Crippen LogP) is 3.07. The van der Waals surface area contributed by atoms with Crippen LogP contribution in [0.2, 0.25) is 0 Å². The van der Waals surface area contributed by atoms with Gasteiger partial charge in [0, 0.05) is 43.1 Å². The molecule has 5 nitrogen and oxygen atoms in total. The van der Waals surface area contributed by atoms with Crippen molar-refractivity contribution in [2.75, 3.05) is 20.3 Å². The van der Waals surface area contributed by atoms with Crippen LogP contribution >= 0.6 is 11.3 Å². The van der Waals surface area contributed by atoms with Gasteiger partial charge in [-0.15, -0.1) is 11.3 Å². The molecule has 2 heterocycles. The van der Waals surface area contributed by atoms with Crippen LogP contribution in [0, 0.1) is 6.92 Å². The summed E-state index contributed by atoms with van der Waals surface area (Å²) < 4.78 is 6.99. The van der Waals surface area contributed by atoms with Crippen LogP contribution in [0.15, 0.2) is 35.8 Å². The van der Waals surface area contributed by atoms with Crippen molar-refractivity contribution in [2.24, 2.45) is 0 Å². The third-order valence-electron chi connectivity index (χ3n) is 3.82. The molecule has 0 radical (unpaired) electrons. The van der Waals surface area contributed by atoms with E-state index in [1.807, 2.05) is 16.0 Å². The predicted molar refractivity (Wildman–Crippen MR) is 96.4 cm³/mol. The number of hydrogen-bond donors (Lipinski definition) is 1. The molecule has 2 aromatic heterocycles. The summed E-state index contributed by atoms with van der Waals surface area (Å²) in [6, 6.07) is 8.31. The van der Waals surface area contributed by atoms with Gasteiger partial charge < -0.3 is 10.1 Å². The molecule has 1 amide bonds. The summed E-state index contributed by atoms with van der Waals surface area (Å²) in [5.74, 6) is 0.0244. The molecule has 3 rings (SSSR count). The van der Waals surface area contributed by atoms with E-state index in [4.69, 9.17) is 4.74 Å².